The van der Waals surface area contributed by atoms with E-state index in [2.05, 4.69) is 15.5 Å². The molecule has 2 aromatic carbocycles. The van der Waals surface area contributed by atoms with Gasteiger partial charge in [0.1, 0.15) is 16.9 Å². The first-order chi connectivity index (χ1) is 17.1. The Hall–Kier alpha value is -3.88. The lowest BCUT2D eigenvalue weighted by Crippen LogP contribution is -2.47. The molecule has 1 aromatic heterocycles. The van der Waals surface area contributed by atoms with Gasteiger partial charge in [0.2, 0.25) is 11.8 Å². The summed E-state index contributed by atoms with van der Waals surface area (Å²) >= 11 is 0. The minimum absolute atomic E-state index is 0.192. The summed E-state index contributed by atoms with van der Waals surface area (Å²) < 4.78 is 22.4. The van der Waals surface area contributed by atoms with Crippen molar-refractivity contribution in [2.24, 2.45) is 0 Å². The Labute approximate surface area is 210 Å². The van der Waals surface area contributed by atoms with E-state index >= 15 is 0 Å². The Morgan fingerprint density at radius 1 is 1.08 bits per heavy atom. The van der Waals surface area contributed by atoms with Crippen LogP contribution in [0.5, 0.6) is 5.75 Å². The van der Waals surface area contributed by atoms with Crippen LogP contribution in [-0.4, -0.2) is 41.6 Å². The first-order valence-corrected chi connectivity index (χ1v) is 11.9. The number of amides is 1. The third kappa shape index (κ3) is 5.67. The first kappa shape index (κ1) is 25.2. The summed E-state index contributed by atoms with van der Waals surface area (Å²) in [6, 6.07) is 13.1. The zero-order chi connectivity index (χ0) is 25.9. The minimum atomic E-state index is -1.06. The van der Waals surface area contributed by atoms with E-state index in [1.165, 1.54) is 7.11 Å². The molecule has 190 valence electrons. The molecule has 0 spiro atoms. The van der Waals surface area contributed by atoms with Crippen molar-refractivity contribution in [3.8, 4) is 17.2 Å². The summed E-state index contributed by atoms with van der Waals surface area (Å²) in [5.74, 6) is 0.527. The van der Waals surface area contributed by atoms with Crippen molar-refractivity contribution in [2.45, 2.75) is 58.1 Å². The molecule has 0 fully saturated rings. The largest absolute Gasteiger partial charge is 0.493 e. The Morgan fingerprint density at radius 3 is 2.53 bits per heavy atom. The molecule has 0 bridgehead atoms. The number of carbonyl (C=O) groups excluding carboxylic acids is 2. The molecule has 9 heteroatoms. The maximum absolute atomic E-state index is 12.7. The highest BCUT2D eigenvalue weighted by Crippen LogP contribution is 2.35. The number of aromatic nitrogens is 2. The smallest absolute Gasteiger partial charge is 0.408 e. The molecule has 4 rings (SSSR count). The standard InChI is InChI=1S/C27H31N3O6/c1-26(2,3)36-25(32)28-27(4,16-17-10-7-6-8-11-17)24-30-29-22(35-24)18-14-20(23(31)33-5)19-12-9-13-34-21(19)15-18/h6-8,10-11,14-15H,9,12-13,16H2,1-5H3,(H,28,32). The molecule has 3 aromatic rings. The average molecular weight is 494 g/mol. The molecule has 1 unspecified atom stereocenters. The zero-order valence-electron chi connectivity index (χ0n) is 21.2. The average Bonchev–Trinajstić information content (AvgIpc) is 3.33. The number of alkyl carbamates (subject to hydrolysis) is 1. The second-order valence-corrected chi connectivity index (χ2v) is 9.98. The molecular weight excluding hydrogens is 462 g/mol. The van der Waals surface area contributed by atoms with E-state index in [4.69, 9.17) is 18.6 Å². The van der Waals surface area contributed by atoms with Crippen LogP contribution in [0.15, 0.2) is 46.9 Å². The van der Waals surface area contributed by atoms with Gasteiger partial charge in [0, 0.05) is 17.5 Å². The summed E-state index contributed by atoms with van der Waals surface area (Å²) in [5.41, 5.74) is 0.955. The molecule has 36 heavy (non-hydrogen) atoms. The van der Waals surface area contributed by atoms with Gasteiger partial charge in [0.25, 0.3) is 0 Å². The fraction of sp³-hybridized carbons (Fsp3) is 0.407. The first-order valence-electron chi connectivity index (χ1n) is 11.9. The van der Waals surface area contributed by atoms with Gasteiger partial charge in [-0.25, -0.2) is 9.59 Å². The summed E-state index contributed by atoms with van der Waals surface area (Å²) in [6.45, 7) is 7.74. The number of carbonyl (C=O) groups is 2. The van der Waals surface area contributed by atoms with Crippen molar-refractivity contribution in [3.63, 3.8) is 0 Å². The van der Waals surface area contributed by atoms with Gasteiger partial charge in [-0.15, -0.1) is 10.2 Å². The number of rotatable bonds is 6. The molecular formula is C27H31N3O6. The minimum Gasteiger partial charge on any atom is -0.493 e. The number of benzene rings is 2. The van der Waals surface area contributed by atoms with Gasteiger partial charge in [0.05, 0.1) is 19.3 Å². The molecule has 0 saturated heterocycles. The summed E-state index contributed by atoms with van der Waals surface area (Å²) in [7, 11) is 1.34. The van der Waals surface area contributed by atoms with Gasteiger partial charge in [0.15, 0.2) is 0 Å². The Kier molecular flexibility index (Phi) is 7.01. The van der Waals surface area contributed by atoms with Crippen LogP contribution in [0.25, 0.3) is 11.5 Å². The van der Waals surface area contributed by atoms with E-state index < -0.39 is 23.2 Å². The van der Waals surface area contributed by atoms with E-state index in [-0.39, 0.29) is 11.8 Å². The highest BCUT2D eigenvalue weighted by atomic mass is 16.6. The van der Waals surface area contributed by atoms with E-state index in [9.17, 15) is 9.59 Å². The molecule has 9 nitrogen and oxygen atoms in total. The van der Waals surface area contributed by atoms with E-state index in [0.29, 0.717) is 36.3 Å². The molecule has 1 amide bonds. The van der Waals surface area contributed by atoms with Gasteiger partial charge in [-0.3, -0.25) is 0 Å². The second-order valence-electron chi connectivity index (χ2n) is 9.98. The molecule has 0 aliphatic carbocycles. The van der Waals surface area contributed by atoms with Crippen LogP contribution in [0.3, 0.4) is 0 Å². The summed E-state index contributed by atoms with van der Waals surface area (Å²) in [5, 5.41) is 11.4. The Balaban J connectivity index is 1.71. The van der Waals surface area contributed by atoms with E-state index in [0.717, 1.165) is 17.5 Å². The SMILES string of the molecule is COC(=O)c1cc(-c2nnc(C(C)(Cc3ccccc3)NC(=O)OC(C)(C)C)o2)cc2c1CCCO2. The lowest BCUT2D eigenvalue weighted by molar-refractivity contribution is 0.0443. The third-order valence-corrected chi connectivity index (χ3v) is 5.76. The number of hydrogen-bond donors (Lipinski definition) is 1. The number of fused-ring (bicyclic) bond motifs is 1. The predicted octanol–water partition coefficient (Wildman–Crippen LogP) is 4.83. The molecule has 2 heterocycles. The quantitative estimate of drug-likeness (QED) is 0.486. The van der Waals surface area contributed by atoms with Crippen LogP contribution >= 0.6 is 0 Å². The number of methoxy groups -OCH3 is 1. The van der Waals surface area contributed by atoms with E-state index in [1.807, 2.05) is 30.3 Å². The van der Waals surface area contributed by atoms with Crippen molar-refractivity contribution in [1.82, 2.24) is 15.5 Å². The topological polar surface area (TPSA) is 113 Å². The van der Waals surface area contributed by atoms with Crippen LogP contribution in [0.2, 0.25) is 0 Å². The van der Waals surface area contributed by atoms with Gasteiger partial charge in [-0.2, -0.15) is 0 Å². The lowest BCUT2D eigenvalue weighted by Gasteiger charge is -2.29. The lowest BCUT2D eigenvalue weighted by atomic mass is 9.92. The van der Waals surface area contributed by atoms with Crippen molar-refractivity contribution >= 4 is 12.1 Å². The van der Waals surface area contributed by atoms with Gasteiger partial charge >= 0.3 is 12.1 Å². The molecule has 1 aliphatic rings. The number of nitrogens with one attached hydrogen (secondary N) is 1. The van der Waals surface area contributed by atoms with Crippen molar-refractivity contribution < 1.29 is 28.2 Å². The normalized spacial score (nSPS) is 14.7. The number of hydrogen-bond acceptors (Lipinski definition) is 8. The highest BCUT2D eigenvalue weighted by Gasteiger charge is 2.37. The number of esters is 1. The van der Waals surface area contributed by atoms with E-state index in [1.54, 1.807) is 39.8 Å². The van der Waals surface area contributed by atoms with Gasteiger partial charge in [-0.05, 0) is 58.2 Å². The van der Waals surface area contributed by atoms with Crippen LogP contribution in [0, 0.1) is 0 Å². The van der Waals surface area contributed by atoms with Crippen molar-refractivity contribution in [2.75, 3.05) is 13.7 Å². The second kappa shape index (κ2) is 10.0. The third-order valence-electron chi connectivity index (χ3n) is 5.76. The summed E-state index contributed by atoms with van der Waals surface area (Å²) in [4.78, 5) is 25.2. The zero-order valence-corrected chi connectivity index (χ0v) is 21.2. The molecule has 1 N–H and O–H groups in total. The Bertz CT molecular complexity index is 1250. The maximum atomic E-state index is 12.7. The highest BCUT2D eigenvalue weighted by molar-refractivity contribution is 5.93. The van der Waals surface area contributed by atoms with Gasteiger partial charge in [-0.1, -0.05) is 30.3 Å². The fourth-order valence-corrected chi connectivity index (χ4v) is 4.15. The van der Waals surface area contributed by atoms with Crippen LogP contribution in [-0.2, 0) is 27.9 Å². The van der Waals surface area contributed by atoms with Crippen LogP contribution in [0.1, 0.15) is 61.5 Å². The molecule has 1 atom stereocenters. The van der Waals surface area contributed by atoms with Crippen LogP contribution < -0.4 is 10.1 Å². The van der Waals surface area contributed by atoms with Gasteiger partial charge < -0.3 is 23.9 Å². The molecule has 0 saturated carbocycles. The summed E-state index contributed by atoms with van der Waals surface area (Å²) in [6.07, 6.45) is 1.31. The monoisotopic (exact) mass is 493 g/mol. The Morgan fingerprint density at radius 2 is 1.83 bits per heavy atom. The number of nitrogens with zero attached hydrogens (tertiary/aromatic N) is 2. The number of ether oxygens (including phenoxy) is 3. The molecule has 0 radical (unpaired) electrons. The molecule has 1 aliphatic heterocycles. The fourth-order valence-electron chi connectivity index (χ4n) is 4.15. The van der Waals surface area contributed by atoms with Crippen molar-refractivity contribution in [3.05, 3.63) is 65.0 Å². The predicted molar refractivity (Wildman–Crippen MR) is 132 cm³/mol. The van der Waals surface area contributed by atoms with Crippen molar-refractivity contribution in [1.29, 1.82) is 0 Å². The maximum Gasteiger partial charge on any atom is 0.408 e. The van der Waals surface area contributed by atoms with Crippen LogP contribution in [0.4, 0.5) is 4.79 Å².